The summed E-state index contributed by atoms with van der Waals surface area (Å²) in [4.78, 5) is 20.1. The van der Waals surface area contributed by atoms with E-state index in [1.807, 2.05) is 42.0 Å². The molecule has 2 aromatic heterocycles. The number of hydrogen-bond acceptors (Lipinski definition) is 5. The van der Waals surface area contributed by atoms with Crippen LogP contribution < -0.4 is 15.6 Å². The fraction of sp³-hybridized carbons (Fsp3) is 0.368. The van der Waals surface area contributed by atoms with Crippen molar-refractivity contribution in [2.75, 3.05) is 26.8 Å². The van der Waals surface area contributed by atoms with Crippen molar-refractivity contribution < 1.29 is 9.47 Å². The monoisotopic (exact) mass is 426 g/mol. The van der Waals surface area contributed by atoms with E-state index in [1.165, 1.54) is 0 Å². The van der Waals surface area contributed by atoms with E-state index in [9.17, 15) is 4.79 Å². The van der Waals surface area contributed by atoms with Gasteiger partial charge in [-0.2, -0.15) is 0 Å². The highest BCUT2D eigenvalue weighted by Crippen LogP contribution is 2.27. The number of H-pyrrole nitrogens is 1. The largest absolute Gasteiger partial charge is 0.494 e. The van der Waals surface area contributed by atoms with E-state index in [0.29, 0.717) is 18.0 Å². The first-order valence-corrected chi connectivity index (χ1v) is 8.78. The van der Waals surface area contributed by atoms with E-state index in [2.05, 4.69) is 15.3 Å². The van der Waals surface area contributed by atoms with Crippen LogP contribution in [0.2, 0.25) is 0 Å². The molecule has 0 saturated carbocycles. The van der Waals surface area contributed by atoms with E-state index in [-0.39, 0.29) is 42.5 Å². The third kappa shape index (κ3) is 4.03. The van der Waals surface area contributed by atoms with Crippen molar-refractivity contribution in [3.8, 4) is 17.1 Å². The van der Waals surface area contributed by atoms with Crippen molar-refractivity contribution in [1.29, 1.82) is 0 Å². The maximum Gasteiger partial charge on any atom is 0.259 e. The lowest BCUT2D eigenvalue weighted by atomic mass is 10.1. The average Bonchev–Trinajstić information content (AvgIpc) is 3.30. The van der Waals surface area contributed by atoms with Crippen molar-refractivity contribution in [2.45, 2.75) is 19.1 Å². The number of nitrogens with one attached hydrogen (secondary N) is 2. The second-order valence-electron chi connectivity index (χ2n) is 6.35. The summed E-state index contributed by atoms with van der Waals surface area (Å²) < 4.78 is 13.2. The number of aromatic nitrogens is 3. The van der Waals surface area contributed by atoms with Gasteiger partial charge in [-0.1, -0.05) is 0 Å². The van der Waals surface area contributed by atoms with E-state index >= 15 is 0 Å². The van der Waals surface area contributed by atoms with Crippen LogP contribution in [0.25, 0.3) is 22.3 Å². The molecule has 0 bridgehead atoms. The predicted molar refractivity (Wildman–Crippen MR) is 114 cm³/mol. The average molecular weight is 427 g/mol. The Morgan fingerprint density at radius 2 is 2.07 bits per heavy atom. The Labute approximate surface area is 175 Å². The van der Waals surface area contributed by atoms with Gasteiger partial charge >= 0.3 is 0 Å². The van der Waals surface area contributed by atoms with Gasteiger partial charge < -0.3 is 24.3 Å². The Hall–Kier alpha value is -2.06. The number of benzene rings is 1. The van der Waals surface area contributed by atoms with E-state index < -0.39 is 0 Å². The summed E-state index contributed by atoms with van der Waals surface area (Å²) in [6, 6.07) is 7.62. The number of methoxy groups -OCH3 is 1. The van der Waals surface area contributed by atoms with Gasteiger partial charge in [0.25, 0.3) is 5.56 Å². The normalized spacial score (nSPS) is 18.5. The molecule has 9 heteroatoms. The number of nitrogens with zero attached hydrogens (tertiary/aromatic N) is 2. The molecule has 0 aliphatic carbocycles. The third-order valence-corrected chi connectivity index (χ3v) is 4.82. The molecule has 1 aliphatic rings. The van der Waals surface area contributed by atoms with Crippen LogP contribution in [0.5, 0.6) is 5.75 Å². The van der Waals surface area contributed by atoms with E-state index in [0.717, 1.165) is 29.7 Å². The standard InChI is InChI=1S/C19H22N4O3.2ClH/c1-3-26-13-4-5-15-12(8-13)9-14(19(24)22-15)18-21-6-7-23(18)16-10-20-11-17(16)25-2;;/h4-9,16-17,20H,3,10-11H2,1-2H3,(H,22,24);2*1H/t16-,17-;;/m0../s1. The molecule has 2 atom stereocenters. The number of imidazole rings is 1. The Bertz CT molecular complexity index is 989. The Morgan fingerprint density at radius 3 is 2.82 bits per heavy atom. The van der Waals surface area contributed by atoms with Crippen molar-refractivity contribution >= 4 is 35.7 Å². The van der Waals surface area contributed by atoms with Gasteiger partial charge in [0.1, 0.15) is 11.6 Å². The number of aromatic amines is 1. The van der Waals surface area contributed by atoms with Crippen LogP contribution in [-0.2, 0) is 4.74 Å². The van der Waals surface area contributed by atoms with Gasteiger partial charge in [-0.3, -0.25) is 4.79 Å². The second kappa shape index (κ2) is 9.43. The van der Waals surface area contributed by atoms with Gasteiger partial charge in [-0.05, 0) is 31.2 Å². The Kier molecular flexibility index (Phi) is 7.48. The maximum absolute atomic E-state index is 12.7. The smallest absolute Gasteiger partial charge is 0.259 e. The van der Waals surface area contributed by atoms with Crippen LogP contribution in [0.1, 0.15) is 13.0 Å². The molecular weight excluding hydrogens is 403 g/mol. The summed E-state index contributed by atoms with van der Waals surface area (Å²) in [6.45, 7) is 4.10. The minimum absolute atomic E-state index is 0. The number of fused-ring (bicyclic) bond motifs is 1. The van der Waals surface area contributed by atoms with Gasteiger partial charge in [0.05, 0.1) is 24.3 Å². The lowest BCUT2D eigenvalue weighted by Crippen LogP contribution is -2.25. The van der Waals surface area contributed by atoms with Gasteiger partial charge in [-0.15, -0.1) is 24.8 Å². The summed E-state index contributed by atoms with van der Waals surface area (Å²) in [6.07, 6.45) is 3.67. The molecule has 0 amide bonds. The van der Waals surface area contributed by atoms with Crippen LogP contribution >= 0.6 is 24.8 Å². The highest BCUT2D eigenvalue weighted by Gasteiger charge is 2.30. The molecule has 4 rings (SSSR count). The zero-order valence-electron chi connectivity index (χ0n) is 15.7. The first kappa shape index (κ1) is 22.2. The van der Waals surface area contributed by atoms with Crippen molar-refractivity contribution in [2.24, 2.45) is 0 Å². The highest BCUT2D eigenvalue weighted by atomic mass is 35.5. The van der Waals surface area contributed by atoms with Crippen LogP contribution in [0, 0.1) is 0 Å². The minimum Gasteiger partial charge on any atom is -0.494 e. The molecule has 1 saturated heterocycles. The molecule has 3 heterocycles. The van der Waals surface area contributed by atoms with Crippen molar-refractivity contribution in [3.05, 3.63) is 47.0 Å². The summed E-state index contributed by atoms with van der Waals surface area (Å²) in [5.74, 6) is 1.42. The van der Waals surface area contributed by atoms with Crippen molar-refractivity contribution in [3.63, 3.8) is 0 Å². The second-order valence-corrected chi connectivity index (χ2v) is 6.35. The quantitative estimate of drug-likeness (QED) is 0.655. The summed E-state index contributed by atoms with van der Waals surface area (Å²) >= 11 is 0. The molecule has 28 heavy (non-hydrogen) atoms. The fourth-order valence-electron chi connectivity index (χ4n) is 3.56. The Morgan fingerprint density at radius 1 is 1.25 bits per heavy atom. The van der Waals surface area contributed by atoms with Crippen LogP contribution in [0.3, 0.4) is 0 Å². The van der Waals surface area contributed by atoms with Gasteiger partial charge in [0.15, 0.2) is 0 Å². The first-order valence-electron chi connectivity index (χ1n) is 8.78. The number of hydrogen-bond donors (Lipinski definition) is 2. The number of rotatable bonds is 5. The molecule has 0 spiro atoms. The summed E-state index contributed by atoms with van der Waals surface area (Å²) in [7, 11) is 1.71. The summed E-state index contributed by atoms with van der Waals surface area (Å²) in [5, 5.41) is 4.24. The third-order valence-electron chi connectivity index (χ3n) is 4.82. The highest BCUT2D eigenvalue weighted by molar-refractivity contribution is 5.86. The molecule has 0 unspecified atom stereocenters. The van der Waals surface area contributed by atoms with E-state index in [4.69, 9.17) is 9.47 Å². The van der Waals surface area contributed by atoms with Gasteiger partial charge in [-0.25, -0.2) is 4.98 Å². The predicted octanol–water partition coefficient (Wildman–Crippen LogP) is 2.79. The van der Waals surface area contributed by atoms with Gasteiger partial charge in [0.2, 0.25) is 0 Å². The van der Waals surface area contributed by atoms with Crippen molar-refractivity contribution in [1.82, 2.24) is 19.9 Å². The maximum atomic E-state index is 12.7. The topological polar surface area (TPSA) is 81.2 Å². The summed E-state index contributed by atoms with van der Waals surface area (Å²) in [5.41, 5.74) is 1.16. The van der Waals surface area contributed by atoms with Crippen LogP contribution in [0.15, 0.2) is 41.5 Å². The van der Waals surface area contributed by atoms with Crippen LogP contribution in [-0.4, -0.2) is 47.4 Å². The molecular formula is C19H24Cl2N4O3. The van der Waals surface area contributed by atoms with Gasteiger partial charge in [0, 0.05) is 43.5 Å². The SMILES string of the molecule is CCOc1ccc2[nH]c(=O)c(-c3nccn3[C@H]3CNC[C@@H]3OC)cc2c1.Cl.Cl. The molecule has 1 aromatic carbocycles. The molecule has 1 fully saturated rings. The van der Waals surface area contributed by atoms with E-state index in [1.54, 1.807) is 13.3 Å². The molecule has 2 N–H and O–H groups in total. The zero-order valence-corrected chi connectivity index (χ0v) is 17.3. The first-order chi connectivity index (χ1) is 12.7. The zero-order chi connectivity index (χ0) is 18.1. The number of halogens is 2. The number of pyridine rings is 1. The molecule has 7 nitrogen and oxygen atoms in total. The fourth-order valence-corrected chi connectivity index (χ4v) is 3.56. The Balaban J connectivity index is 0.00000140. The molecule has 1 aliphatic heterocycles. The molecule has 3 aromatic rings. The number of ether oxygens (including phenoxy) is 2. The lowest BCUT2D eigenvalue weighted by Gasteiger charge is -2.20. The lowest BCUT2D eigenvalue weighted by molar-refractivity contribution is 0.0871. The van der Waals surface area contributed by atoms with Crippen LogP contribution in [0.4, 0.5) is 0 Å². The molecule has 152 valence electrons. The minimum atomic E-state index is -0.158. The molecule has 0 radical (unpaired) electrons.